The van der Waals surface area contributed by atoms with E-state index in [-0.39, 0.29) is 11.1 Å². The van der Waals surface area contributed by atoms with Gasteiger partial charge >= 0.3 is 5.97 Å². The highest BCUT2D eigenvalue weighted by Crippen LogP contribution is 2.20. The van der Waals surface area contributed by atoms with Crippen LogP contribution in [0.3, 0.4) is 0 Å². The first-order valence-corrected chi connectivity index (χ1v) is 8.19. The van der Waals surface area contributed by atoms with Crippen molar-refractivity contribution < 1.29 is 14.3 Å². The van der Waals surface area contributed by atoms with Gasteiger partial charge in [0.2, 0.25) is 5.95 Å². The Hall–Kier alpha value is -3.74. The fourth-order valence-electron chi connectivity index (χ4n) is 2.45. The minimum Gasteiger partial charge on any atom is -0.465 e. The van der Waals surface area contributed by atoms with Gasteiger partial charge in [-0.25, -0.2) is 14.8 Å². The summed E-state index contributed by atoms with van der Waals surface area (Å²) in [5.41, 5.74) is 1.84. The van der Waals surface area contributed by atoms with Crippen LogP contribution in [0.4, 0.5) is 17.3 Å². The summed E-state index contributed by atoms with van der Waals surface area (Å²) in [6.45, 7) is 0. The number of nitrogens with one attached hydrogen (secondary N) is 1. The van der Waals surface area contributed by atoms with Crippen LogP contribution in [0.5, 0.6) is 0 Å². The molecule has 2 aromatic carbocycles. The highest BCUT2D eigenvalue weighted by Gasteiger charge is 2.15. The van der Waals surface area contributed by atoms with Crippen LogP contribution in [0.25, 0.3) is 0 Å². The molecule has 0 saturated heterocycles. The monoisotopic (exact) mass is 362 g/mol. The number of aromatic nitrogens is 2. The summed E-state index contributed by atoms with van der Waals surface area (Å²) in [4.78, 5) is 34.6. The van der Waals surface area contributed by atoms with E-state index in [2.05, 4.69) is 15.3 Å². The fourth-order valence-corrected chi connectivity index (χ4v) is 2.45. The lowest BCUT2D eigenvalue weighted by molar-refractivity contribution is 0.0602. The van der Waals surface area contributed by atoms with Gasteiger partial charge in [-0.2, -0.15) is 0 Å². The lowest BCUT2D eigenvalue weighted by Gasteiger charge is -2.17. The number of carbonyl (C=O) groups is 2. The molecule has 3 rings (SSSR count). The molecule has 0 saturated carbocycles. The number of anilines is 3. The number of esters is 1. The van der Waals surface area contributed by atoms with E-state index in [1.807, 2.05) is 42.3 Å². The van der Waals surface area contributed by atoms with E-state index in [0.29, 0.717) is 11.6 Å². The minimum absolute atomic E-state index is 0.273. The molecule has 0 aliphatic carbocycles. The molecule has 7 nitrogen and oxygen atoms in total. The first-order chi connectivity index (χ1) is 13.1. The highest BCUT2D eigenvalue weighted by atomic mass is 16.5. The Bertz CT molecular complexity index is 943. The van der Waals surface area contributed by atoms with Gasteiger partial charge in [0.25, 0.3) is 5.91 Å². The average Bonchev–Trinajstić information content (AvgIpc) is 2.73. The second-order valence-electron chi connectivity index (χ2n) is 5.66. The Morgan fingerprint density at radius 3 is 2.26 bits per heavy atom. The van der Waals surface area contributed by atoms with Gasteiger partial charge in [-0.15, -0.1) is 0 Å². The third-order valence-electron chi connectivity index (χ3n) is 3.92. The third kappa shape index (κ3) is 4.09. The quantitative estimate of drug-likeness (QED) is 0.701. The van der Waals surface area contributed by atoms with Gasteiger partial charge in [-0.05, 0) is 24.3 Å². The summed E-state index contributed by atoms with van der Waals surface area (Å²) in [5.74, 6) is -0.477. The van der Waals surface area contributed by atoms with Crippen molar-refractivity contribution in [3.05, 3.63) is 78.1 Å². The van der Waals surface area contributed by atoms with Crippen molar-refractivity contribution in [2.75, 3.05) is 24.4 Å². The first kappa shape index (κ1) is 18.1. The van der Waals surface area contributed by atoms with E-state index in [9.17, 15) is 9.59 Å². The van der Waals surface area contributed by atoms with Gasteiger partial charge < -0.3 is 15.0 Å². The summed E-state index contributed by atoms with van der Waals surface area (Å²) >= 11 is 0. The van der Waals surface area contributed by atoms with Crippen LogP contribution < -0.4 is 10.2 Å². The molecule has 1 aromatic heterocycles. The molecule has 0 bridgehead atoms. The molecule has 1 heterocycles. The molecular weight excluding hydrogens is 344 g/mol. The Balaban J connectivity index is 1.76. The number of ether oxygens (including phenoxy) is 1. The molecule has 136 valence electrons. The number of methoxy groups -OCH3 is 1. The molecule has 7 heteroatoms. The zero-order valence-corrected chi connectivity index (χ0v) is 14.9. The second-order valence-corrected chi connectivity index (χ2v) is 5.66. The molecule has 1 N–H and O–H groups in total. The maximum Gasteiger partial charge on any atom is 0.339 e. The van der Waals surface area contributed by atoms with Gasteiger partial charge in [0, 0.05) is 25.1 Å². The Morgan fingerprint density at radius 1 is 0.963 bits per heavy atom. The van der Waals surface area contributed by atoms with Crippen molar-refractivity contribution in [1.82, 2.24) is 9.97 Å². The van der Waals surface area contributed by atoms with Crippen LogP contribution in [0.1, 0.15) is 20.7 Å². The SMILES string of the molecule is COC(=O)c1ccccc1NC(=O)c1cnc(N(C)c2ccccc2)nc1. The molecule has 0 atom stereocenters. The topological polar surface area (TPSA) is 84.4 Å². The molecule has 0 radical (unpaired) electrons. The number of carbonyl (C=O) groups excluding carboxylic acids is 2. The summed E-state index contributed by atoms with van der Waals surface area (Å²) in [7, 11) is 3.13. The number of amides is 1. The van der Waals surface area contributed by atoms with Crippen LogP contribution in [0, 0.1) is 0 Å². The van der Waals surface area contributed by atoms with Crippen LogP contribution in [-0.4, -0.2) is 36.0 Å². The molecule has 3 aromatic rings. The fraction of sp³-hybridized carbons (Fsp3) is 0.100. The summed E-state index contributed by atoms with van der Waals surface area (Å²) in [6.07, 6.45) is 2.88. The third-order valence-corrected chi connectivity index (χ3v) is 3.92. The van der Waals surface area contributed by atoms with Gasteiger partial charge in [0.1, 0.15) is 0 Å². The van der Waals surface area contributed by atoms with Crippen molar-refractivity contribution in [1.29, 1.82) is 0 Å². The van der Waals surface area contributed by atoms with Crippen LogP contribution >= 0.6 is 0 Å². The van der Waals surface area contributed by atoms with Crippen LogP contribution in [0.15, 0.2) is 67.0 Å². The smallest absolute Gasteiger partial charge is 0.339 e. The second kappa shape index (κ2) is 8.09. The number of para-hydroxylation sites is 2. The van der Waals surface area contributed by atoms with Gasteiger partial charge in [-0.3, -0.25) is 4.79 Å². The zero-order chi connectivity index (χ0) is 19.2. The lowest BCUT2D eigenvalue weighted by atomic mass is 10.1. The molecule has 0 fully saturated rings. The van der Waals surface area contributed by atoms with Gasteiger partial charge in [-0.1, -0.05) is 30.3 Å². The van der Waals surface area contributed by atoms with Crippen molar-refractivity contribution in [3.63, 3.8) is 0 Å². The number of rotatable bonds is 5. The van der Waals surface area contributed by atoms with Crippen molar-refractivity contribution in [3.8, 4) is 0 Å². The maximum atomic E-state index is 12.5. The van der Waals surface area contributed by atoms with Crippen molar-refractivity contribution >= 4 is 29.2 Å². The van der Waals surface area contributed by atoms with E-state index >= 15 is 0 Å². The Labute approximate surface area is 156 Å². The normalized spacial score (nSPS) is 10.1. The predicted molar refractivity (Wildman–Crippen MR) is 102 cm³/mol. The molecular formula is C20H18N4O3. The van der Waals surface area contributed by atoms with E-state index in [1.54, 1.807) is 24.3 Å². The van der Waals surface area contributed by atoms with Crippen molar-refractivity contribution in [2.24, 2.45) is 0 Å². The maximum absolute atomic E-state index is 12.5. The zero-order valence-electron chi connectivity index (χ0n) is 14.9. The van der Waals surface area contributed by atoms with E-state index in [4.69, 9.17) is 4.74 Å². The minimum atomic E-state index is -0.526. The number of benzene rings is 2. The van der Waals surface area contributed by atoms with Crippen molar-refractivity contribution in [2.45, 2.75) is 0 Å². The van der Waals surface area contributed by atoms with E-state index in [0.717, 1.165) is 5.69 Å². The number of nitrogens with zero attached hydrogens (tertiary/aromatic N) is 3. The van der Waals surface area contributed by atoms with Gasteiger partial charge in [0.05, 0.1) is 23.9 Å². The summed E-state index contributed by atoms with van der Waals surface area (Å²) in [6, 6.07) is 16.3. The van der Waals surface area contributed by atoms with Crippen LogP contribution in [-0.2, 0) is 4.74 Å². The first-order valence-electron chi connectivity index (χ1n) is 8.19. The lowest BCUT2D eigenvalue weighted by Crippen LogP contribution is -2.17. The van der Waals surface area contributed by atoms with Gasteiger partial charge in [0.15, 0.2) is 0 Å². The Kier molecular flexibility index (Phi) is 5.41. The molecule has 1 amide bonds. The molecule has 27 heavy (non-hydrogen) atoms. The molecule has 0 unspecified atom stereocenters. The van der Waals surface area contributed by atoms with E-state index < -0.39 is 11.9 Å². The molecule has 0 aliphatic rings. The van der Waals surface area contributed by atoms with Crippen LogP contribution in [0.2, 0.25) is 0 Å². The largest absolute Gasteiger partial charge is 0.465 e. The standard InChI is InChI=1S/C20H18N4O3/c1-24(15-8-4-3-5-9-15)20-21-12-14(13-22-20)18(25)23-17-11-7-6-10-16(17)19(26)27-2/h3-13H,1-2H3,(H,23,25). The number of hydrogen-bond acceptors (Lipinski definition) is 6. The predicted octanol–water partition coefficient (Wildman–Crippen LogP) is 3.28. The molecule has 0 aliphatic heterocycles. The molecule has 0 spiro atoms. The number of hydrogen-bond donors (Lipinski definition) is 1. The highest BCUT2D eigenvalue weighted by molar-refractivity contribution is 6.07. The summed E-state index contributed by atoms with van der Waals surface area (Å²) < 4.78 is 4.73. The average molecular weight is 362 g/mol. The summed E-state index contributed by atoms with van der Waals surface area (Å²) in [5, 5.41) is 2.69. The Morgan fingerprint density at radius 2 is 1.59 bits per heavy atom. The van der Waals surface area contributed by atoms with E-state index in [1.165, 1.54) is 19.5 Å².